The van der Waals surface area contributed by atoms with E-state index in [-0.39, 0.29) is 11.6 Å². The SMILES string of the molecule is Cc1cc(NC(=O)c2cc(C)on2)n[nH]1. The molecule has 78 valence electrons. The van der Waals surface area contributed by atoms with E-state index in [0.29, 0.717) is 11.6 Å². The highest BCUT2D eigenvalue weighted by Crippen LogP contribution is 2.07. The fourth-order valence-corrected chi connectivity index (χ4v) is 1.14. The molecular formula is C9H10N4O2. The van der Waals surface area contributed by atoms with Gasteiger partial charge in [0.1, 0.15) is 5.76 Å². The summed E-state index contributed by atoms with van der Waals surface area (Å²) in [6.07, 6.45) is 0. The van der Waals surface area contributed by atoms with Crippen molar-refractivity contribution in [2.24, 2.45) is 0 Å². The zero-order chi connectivity index (χ0) is 10.8. The number of carbonyl (C=O) groups is 1. The Hall–Kier alpha value is -2.11. The Morgan fingerprint density at radius 2 is 2.27 bits per heavy atom. The number of carbonyl (C=O) groups excluding carboxylic acids is 1. The number of aryl methyl sites for hydroxylation is 2. The molecule has 0 bridgehead atoms. The molecule has 0 aliphatic heterocycles. The van der Waals surface area contributed by atoms with Gasteiger partial charge in [0.15, 0.2) is 11.5 Å². The molecule has 1 amide bonds. The summed E-state index contributed by atoms with van der Waals surface area (Å²) in [5.41, 5.74) is 1.12. The van der Waals surface area contributed by atoms with Crippen LogP contribution in [-0.4, -0.2) is 21.3 Å². The van der Waals surface area contributed by atoms with E-state index >= 15 is 0 Å². The Balaban J connectivity index is 2.10. The maximum atomic E-state index is 11.5. The summed E-state index contributed by atoms with van der Waals surface area (Å²) in [5, 5.41) is 12.8. The number of amides is 1. The first-order valence-electron chi connectivity index (χ1n) is 4.42. The predicted molar refractivity (Wildman–Crippen MR) is 52.5 cm³/mol. The molecule has 0 aromatic carbocycles. The number of nitrogens with zero attached hydrogens (tertiary/aromatic N) is 2. The van der Waals surface area contributed by atoms with Crippen molar-refractivity contribution in [3.05, 3.63) is 29.3 Å². The van der Waals surface area contributed by atoms with E-state index in [4.69, 9.17) is 4.52 Å². The van der Waals surface area contributed by atoms with E-state index in [1.807, 2.05) is 6.92 Å². The van der Waals surface area contributed by atoms with Crippen LogP contribution in [0.25, 0.3) is 0 Å². The van der Waals surface area contributed by atoms with Crippen molar-refractivity contribution in [2.45, 2.75) is 13.8 Å². The minimum Gasteiger partial charge on any atom is -0.361 e. The number of aromatic amines is 1. The topological polar surface area (TPSA) is 83.8 Å². The Kier molecular flexibility index (Phi) is 2.24. The van der Waals surface area contributed by atoms with Crippen molar-refractivity contribution in [3.63, 3.8) is 0 Å². The monoisotopic (exact) mass is 206 g/mol. The van der Waals surface area contributed by atoms with Gasteiger partial charge in [-0.2, -0.15) is 5.10 Å². The maximum absolute atomic E-state index is 11.5. The summed E-state index contributed by atoms with van der Waals surface area (Å²) in [6.45, 7) is 3.57. The average molecular weight is 206 g/mol. The molecule has 6 nitrogen and oxygen atoms in total. The van der Waals surface area contributed by atoms with Crippen molar-refractivity contribution < 1.29 is 9.32 Å². The third-order valence-corrected chi connectivity index (χ3v) is 1.81. The van der Waals surface area contributed by atoms with Gasteiger partial charge in [-0.1, -0.05) is 5.16 Å². The molecule has 0 aliphatic carbocycles. The van der Waals surface area contributed by atoms with Crippen LogP contribution in [0.5, 0.6) is 0 Å². The molecule has 6 heteroatoms. The molecule has 15 heavy (non-hydrogen) atoms. The van der Waals surface area contributed by atoms with Gasteiger partial charge in [-0.05, 0) is 13.8 Å². The molecule has 0 fully saturated rings. The van der Waals surface area contributed by atoms with Crippen molar-refractivity contribution in [1.82, 2.24) is 15.4 Å². The normalized spacial score (nSPS) is 10.3. The highest BCUT2D eigenvalue weighted by molar-refractivity contribution is 6.02. The summed E-state index contributed by atoms with van der Waals surface area (Å²) in [6, 6.07) is 3.29. The third-order valence-electron chi connectivity index (χ3n) is 1.81. The predicted octanol–water partition coefficient (Wildman–Crippen LogP) is 1.27. The van der Waals surface area contributed by atoms with Crippen LogP contribution in [0.2, 0.25) is 0 Å². The van der Waals surface area contributed by atoms with Crippen LogP contribution in [0.3, 0.4) is 0 Å². The van der Waals surface area contributed by atoms with Crippen molar-refractivity contribution in [3.8, 4) is 0 Å². The quantitative estimate of drug-likeness (QED) is 0.774. The number of hydrogen-bond acceptors (Lipinski definition) is 4. The third kappa shape index (κ3) is 2.04. The molecule has 2 aromatic rings. The van der Waals surface area contributed by atoms with Crippen LogP contribution >= 0.6 is 0 Å². The molecule has 0 spiro atoms. The molecule has 2 N–H and O–H groups in total. The smallest absolute Gasteiger partial charge is 0.279 e. The fourth-order valence-electron chi connectivity index (χ4n) is 1.14. The van der Waals surface area contributed by atoms with E-state index in [1.54, 1.807) is 19.1 Å². The van der Waals surface area contributed by atoms with Crippen LogP contribution in [0, 0.1) is 13.8 Å². The van der Waals surface area contributed by atoms with Gasteiger partial charge in [-0.15, -0.1) is 0 Å². The standard InChI is InChI=1S/C9H10N4O2/c1-5-3-8(12-11-5)10-9(14)7-4-6(2)15-13-7/h3-4H,1-2H3,(H2,10,11,12,14). The highest BCUT2D eigenvalue weighted by atomic mass is 16.5. The molecule has 0 unspecified atom stereocenters. The molecule has 2 heterocycles. The zero-order valence-corrected chi connectivity index (χ0v) is 8.37. The van der Waals surface area contributed by atoms with Gasteiger partial charge in [0, 0.05) is 17.8 Å². The molecular weight excluding hydrogens is 196 g/mol. The second kappa shape index (κ2) is 3.56. The highest BCUT2D eigenvalue weighted by Gasteiger charge is 2.11. The van der Waals surface area contributed by atoms with Crippen LogP contribution in [0.15, 0.2) is 16.7 Å². The van der Waals surface area contributed by atoms with E-state index < -0.39 is 0 Å². The largest absolute Gasteiger partial charge is 0.361 e. The van der Waals surface area contributed by atoms with Gasteiger partial charge >= 0.3 is 0 Å². The lowest BCUT2D eigenvalue weighted by atomic mass is 10.3. The van der Waals surface area contributed by atoms with E-state index in [1.165, 1.54) is 0 Å². The molecule has 2 rings (SSSR count). The minimum absolute atomic E-state index is 0.244. The lowest BCUT2D eigenvalue weighted by Gasteiger charge is -1.95. The van der Waals surface area contributed by atoms with Gasteiger partial charge in [0.25, 0.3) is 5.91 Å². The Labute approximate surface area is 85.7 Å². The number of hydrogen-bond donors (Lipinski definition) is 2. The summed E-state index contributed by atoms with van der Waals surface area (Å²) in [7, 11) is 0. The second-order valence-corrected chi connectivity index (χ2v) is 3.21. The van der Waals surface area contributed by atoms with Crippen LogP contribution < -0.4 is 5.32 Å². The molecule has 0 radical (unpaired) electrons. The number of nitrogens with one attached hydrogen (secondary N) is 2. The molecule has 0 aliphatic rings. The lowest BCUT2D eigenvalue weighted by Crippen LogP contribution is -2.12. The number of anilines is 1. The summed E-state index contributed by atoms with van der Waals surface area (Å²) >= 11 is 0. The Morgan fingerprint density at radius 1 is 1.47 bits per heavy atom. The second-order valence-electron chi connectivity index (χ2n) is 3.21. The number of rotatable bonds is 2. The van der Waals surface area contributed by atoms with Gasteiger partial charge < -0.3 is 9.84 Å². The molecule has 2 aromatic heterocycles. The van der Waals surface area contributed by atoms with E-state index in [9.17, 15) is 4.79 Å². The molecule has 0 atom stereocenters. The van der Waals surface area contributed by atoms with E-state index in [0.717, 1.165) is 5.69 Å². The maximum Gasteiger partial charge on any atom is 0.279 e. The Morgan fingerprint density at radius 3 is 2.80 bits per heavy atom. The van der Waals surface area contributed by atoms with Gasteiger partial charge in [-0.3, -0.25) is 9.89 Å². The fraction of sp³-hybridized carbons (Fsp3) is 0.222. The minimum atomic E-state index is -0.335. The summed E-state index contributed by atoms with van der Waals surface area (Å²) in [4.78, 5) is 11.5. The van der Waals surface area contributed by atoms with Crippen LogP contribution in [0.4, 0.5) is 5.82 Å². The van der Waals surface area contributed by atoms with Crippen LogP contribution in [0.1, 0.15) is 21.9 Å². The first kappa shape index (κ1) is 9.45. The first-order chi connectivity index (χ1) is 7.15. The van der Waals surface area contributed by atoms with Gasteiger partial charge in [-0.25, -0.2) is 0 Å². The molecule has 0 saturated carbocycles. The van der Waals surface area contributed by atoms with Crippen LogP contribution in [-0.2, 0) is 0 Å². The van der Waals surface area contributed by atoms with Gasteiger partial charge in [0.2, 0.25) is 0 Å². The summed E-state index contributed by atoms with van der Waals surface area (Å²) in [5.74, 6) is 0.731. The van der Waals surface area contributed by atoms with Crippen molar-refractivity contribution >= 4 is 11.7 Å². The lowest BCUT2D eigenvalue weighted by molar-refractivity contribution is 0.101. The van der Waals surface area contributed by atoms with Crippen molar-refractivity contribution in [1.29, 1.82) is 0 Å². The first-order valence-corrected chi connectivity index (χ1v) is 4.42. The van der Waals surface area contributed by atoms with Crippen molar-refractivity contribution in [2.75, 3.05) is 5.32 Å². The zero-order valence-electron chi connectivity index (χ0n) is 8.37. The molecule has 0 saturated heterocycles. The Bertz CT molecular complexity index is 486. The average Bonchev–Trinajstić information content (AvgIpc) is 2.75. The van der Waals surface area contributed by atoms with E-state index in [2.05, 4.69) is 20.7 Å². The van der Waals surface area contributed by atoms with Gasteiger partial charge in [0.05, 0.1) is 0 Å². The number of H-pyrrole nitrogens is 1. The summed E-state index contributed by atoms with van der Waals surface area (Å²) < 4.78 is 4.79. The number of aromatic nitrogens is 3.